The van der Waals surface area contributed by atoms with Crippen LogP contribution in [0.3, 0.4) is 0 Å². The molecule has 1 N–H and O–H groups in total. The first-order chi connectivity index (χ1) is 21.8. The van der Waals surface area contributed by atoms with Crippen molar-refractivity contribution >= 4 is 55.5 Å². The summed E-state index contributed by atoms with van der Waals surface area (Å²) in [5.41, 5.74) is 8.59. The molecule has 1 unspecified atom stereocenters. The van der Waals surface area contributed by atoms with E-state index in [0.717, 1.165) is 77.5 Å². The Balaban J connectivity index is 1.26. The van der Waals surface area contributed by atoms with Crippen molar-refractivity contribution in [3.63, 3.8) is 0 Å². The Morgan fingerprint density at radius 3 is 1.95 bits per heavy atom. The average Bonchev–Trinajstić information content (AvgIpc) is 3.67. The van der Waals surface area contributed by atoms with Crippen molar-refractivity contribution in [3.05, 3.63) is 156 Å². The summed E-state index contributed by atoms with van der Waals surface area (Å²) < 4.78 is 12.6. The highest BCUT2D eigenvalue weighted by Gasteiger charge is 2.24. The third-order valence-corrected chi connectivity index (χ3v) is 8.36. The number of hydrogen-bond donors (Lipinski definition) is 1. The molecule has 0 radical (unpaired) electrons. The van der Waals surface area contributed by atoms with Gasteiger partial charge in [0.1, 0.15) is 34.3 Å². The van der Waals surface area contributed by atoms with Crippen molar-refractivity contribution in [2.24, 2.45) is 9.98 Å². The molecule has 208 valence electrons. The number of nitrogens with zero attached hydrogens (tertiary/aromatic N) is 2. The Labute approximate surface area is 252 Å². The van der Waals surface area contributed by atoms with E-state index in [1.807, 2.05) is 72.8 Å². The summed E-state index contributed by atoms with van der Waals surface area (Å²) >= 11 is 0. The van der Waals surface area contributed by atoms with Gasteiger partial charge in [-0.1, -0.05) is 109 Å². The second-order valence-corrected chi connectivity index (χ2v) is 11.0. The molecule has 0 bridgehead atoms. The minimum absolute atomic E-state index is 0.288. The summed E-state index contributed by atoms with van der Waals surface area (Å²) in [6, 6.07) is 47.4. The Kier molecular flexibility index (Phi) is 5.50. The van der Waals surface area contributed by atoms with E-state index in [9.17, 15) is 0 Å². The van der Waals surface area contributed by atoms with Gasteiger partial charge in [-0.2, -0.15) is 0 Å². The molecule has 1 aliphatic rings. The van der Waals surface area contributed by atoms with Gasteiger partial charge in [0, 0.05) is 32.7 Å². The van der Waals surface area contributed by atoms with Crippen molar-refractivity contribution in [2.45, 2.75) is 6.17 Å². The minimum atomic E-state index is -0.288. The highest BCUT2D eigenvalue weighted by molar-refractivity contribution is 6.24. The molecular weight excluding hydrogens is 542 g/mol. The van der Waals surface area contributed by atoms with Gasteiger partial charge in [-0.15, -0.1) is 0 Å². The zero-order valence-corrected chi connectivity index (χ0v) is 23.6. The zero-order valence-electron chi connectivity index (χ0n) is 23.6. The maximum absolute atomic E-state index is 6.48. The molecule has 9 rings (SSSR count). The van der Waals surface area contributed by atoms with Crippen LogP contribution in [0.2, 0.25) is 0 Å². The average molecular weight is 568 g/mol. The SMILES string of the molecule is c1ccc(C2=NC(c3ccccc3)NC(c3cccc4oc5cccc(-c6ccc7oc8ccccc8c7c6)c5c34)=N2)cc1. The predicted octanol–water partition coefficient (Wildman–Crippen LogP) is 9.65. The lowest BCUT2D eigenvalue weighted by molar-refractivity contribution is 0.668. The molecule has 0 saturated heterocycles. The Morgan fingerprint density at radius 2 is 1.14 bits per heavy atom. The largest absolute Gasteiger partial charge is 0.456 e. The normalized spacial score (nSPS) is 15.0. The van der Waals surface area contributed by atoms with E-state index in [1.165, 1.54) is 0 Å². The Bertz CT molecular complexity index is 2420. The van der Waals surface area contributed by atoms with E-state index in [-0.39, 0.29) is 6.17 Å². The van der Waals surface area contributed by atoms with Gasteiger partial charge in [0.05, 0.1) is 0 Å². The monoisotopic (exact) mass is 567 g/mol. The van der Waals surface area contributed by atoms with Crippen LogP contribution < -0.4 is 5.32 Å². The Morgan fingerprint density at radius 1 is 0.500 bits per heavy atom. The second kappa shape index (κ2) is 9.82. The number of amidine groups is 2. The molecule has 8 aromatic rings. The molecule has 1 atom stereocenters. The molecule has 0 fully saturated rings. The van der Waals surface area contributed by atoms with Crippen molar-refractivity contribution in [1.82, 2.24) is 5.32 Å². The van der Waals surface area contributed by atoms with Crippen molar-refractivity contribution < 1.29 is 8.83 Å². The van der Waals surface area contributed by atoms with Crippen molar-refractivity contribution in [3.8, 4) is 11.1 Å². The number of aliphatic imine (C=N–C) groups is 2. The van der Waals surface area contributed by atoms with Gasteiger partial charge in [-0.25, -0.2) is 9.98 Å². The molecule has 1 aliphatic heterocycles. The van der Waals surface area contributed by atoms with Crippen LogP contribution in [0.15, 0.2) is 158 Å². The van der Waals surface area contributed by atoms with Crippen molar-refractivity contribution in [2.75, 3.05) is 0 Å². The smallest absolute Gasteiger partial charge is 0.159 e. The molecule has 0 amide bonds. The number of hydrogen-bond acceptors (Lipinski definition) is 5. The van der Waals surface area contributed by atoms with Crippen LogP contribution in [-0.2, 0) is 0 Å². The number of furan rings is 2. The fourth-order valence-electron chi connectivity index (χ4n) is 6.31. The van der Waals surface area contributed by atoms with E-state index < -0.39 is 0 Å². The topological polar surface area (TPSA) is 63.0 Å². The molecular formula is C39H25N3O2. The van der Waals surface area contributed by atoms with Crippen LogP contribution in [0.1, 0.15) is 22.9 Å². The fraction of sp³-hybridized carbons (Fsp3) is 0.0256. The van der Waals surface area contributed by atoms with E-state index in [4.69, 9.17) is 18.8 Å². The first-order valence-corrected chi connectivity index (χ1v) is 14.7. The zero-order chi connectivity index (χ0) is 29.0. The van der Waals surface area contributed by atoms with Gasteiger partial charge in [0.2, 0.25) is 0 Å². The van der Waals surface area contributed by atoms with Gasteiger partial charge >= 0.3 is 0 Å². The van der Waals surface area contributed by atoms with Crippen LogP contribution in [0.25, 0.3) is 55.0 Å². The third kappa shape index (κ3) is 3.94. The number of nitrogens with one attached hydrogen (secondary N) is 1. The van der Waals surface area contributed by atoms with E-state index in [2.05, 4.69) is 72.0 Å². The van der Waals surface area contributed by atoms with Crippen LogP contribution >= 0.6 is 0 Å². The number of benzene rings is 6. The molecule has 5 nitrogen and oxygen atoms in total. The Hall–Kier alpha value is -5.94. The van der Waals surface area contributed by atoms with E-state index in [1.54, 1.807) is 0 Å². The lowest BCUT2D eigenvalue weighted by Crippen LogP contribution is -2.33. The van der Waals surface area contributed by atoms with Gasteiger partial charge in [0.25, 0.3) is 0 Å². The summed E-state index contributed by atoms with van der Waals surface area (Å²) in [6.45, 7) is 0. The van der Waals surface area contributed by atoms with Crippen LogP contribution in [-0.4, -0.2) is 11.7 Å². The van der Waals surface area contributed by atoms with Crippen LogP contribution in [0, 0.1) is 0 Å². The molecule has 5 heteroatoms. The number of fused-ring (bicyclic) bond motifs is 6. The maximum Gasteiger partial charge on any atom is 0.159 e. The lowest BCUT2D eigenvalue weighted by atomic mass is 9.95. The maximum atomic E-state index is 6.48. The second-order valence-electron chi connectivity index (χ2n) is 11.0. The third-order valence-electron chi connectivity index (χ3n) is 8.36. The summed E-state index contributed by atoms with van der Waals surface area (Å²) in [5, 5.41) is 7.91. The first-order valence-electron chi connectivity index (χ1n) is 14.7. The summed E-state index contributed by atoms with van der Waals surface area (Å²) in [6.07, 6.45) is -0.288. The highest BCUT2D eigenvalue weighted by atomic mass is 16.3. The molecule has 3 heterocycles. The first kappa shape index (κ1) is 24.6. The minimum Gasteiger partial charge on any atom is -0.456 e. The van der Waals surface area contributed by atoms with Crippen LogP contribution in [0.4, 0.5) is 0 Å². The van der Waals surface area contributed by atoms with E-state index in [0.29, 0.717) is 5.84 Å². The van der Waals surface area contributed by atoms with Crippen LogP contribution in [0.5, 0.6) is 0 Å². The fourth-order valence-corrected chi connectivity index (χ4v) is 6.31. The summed E-state index contributed by atoms with van der Waals surface area (Å²) in [7, 11) is 0. The number of rotatable bonds is 4. The molecule has 0 aliphatic carbocycles. The quantitative estimate of drug-likeness (QED) is 0.230. The molecule has 0 spiro atoms. The van der Waals surface area contributed by atoms with E-state index >= 15 is 0 Å². The molecule has 2 aromatic heterocycles. The lowest BCUT2D eigenvalue weighted by Gasteiger charge is -2.24. The standard InChI is InChI=1S/C39H25N3O2/c1-3-11-24(12-4-1)37-40-38(25-13-5-2-6-14-25)42-39(41-37)29-17-10-20-34-36(29)35-27(16-9-19-33(35)44-34)26-21-22-32-30(23-26)28-15-7-8-18-31(28)43-32/h1-23,37H,(H,40,41,42). The molecule has 6 aromatic carbocycles. The van der Waals surface area contributed by atoms with Crippen molar-refractivity contribution in [1.29, 1.82) is 0 Å². The predicted molar refractivity (Wildman–Crippen MR) is 178 cm³/mol. The highest BCUT2D eigenvalue weighted by Crippen LogP contribution is 2.40. The van der Waals surface area contributed by atoms with Gasteiger partial charge in [-0.05, 0) is 47.0 Å². The molecule has 0 saturated carbocycles. The number of para-hydroxylation sites is 1. The summed E-state index contributed by atoms with van der Waals surface area (Å²) in [4.78, 5) is 10.1. The van der Waals surface area contributed by atoms with Gasteiger partial charge in [0.15, 0.2) is 5.84 Å². The molecule has 44 heavy (non-hydrogen) atoms. The van der Waals surface area contributed by atoms with Gasteiger partial charge in [-0.3, -0.25) is 0 Å². The van der Waals surface area contributed by atoms with Gasteiger partial charge < -0.3 is 14.2 Å². The summed E-state index contributed by atoms with van der Waals surface area (Å²) in [5.74, 6) is 1.45.